The zero-order chi connectivity index (χ0) is 15.5. The maximum absolute atomic E-state index is 4.47. The smallest absolute Gasteiger partial charge is 0.107 e. The third-order valence-electron chi connectivity index (χ3n) is 6.03. The molecule has 23 heavy (non-hydrogen) atoms. The minimum atomic E-state index is 0.570. The van der Waals surface area contributed by atoms with Crippen molar-refractivity contribution < 1.29 is 0 Å². The van der Waals surface area contributed by atoms with Crippen molar-refractivity contribution in [3.8, 4) is 0 Å². The third kappa shape index (κ3) is 3.95. The summed E-state index contributed by atoms with van der Waals surface area (Å²) in [6, 6.07) is 0. The van der Waals surface area contributed by atoms with E-state index in [9.17, 15) is 0 Å². The molecule has 3 aliphatic rings. The van der Waals surface area contributed by atoms with Gasteiger partial charge in [-0.25, -0.2) is 4.98 Å². The Labute approximate surface area is 144 Å². The quantitative estimate of drug-likeness (QED) is 0.825. The van der Waals surface area contributed by atoms with E-state index in [2.05, 4.69) is 25.1 Å². The van der Waals surface area contributed by atoms with Gasteiger partial charge in [-0.05, 0) is 63.7 Å². The molecule has 1 atom stereocenters. The highest BCUT2D eigenvalue weighted by Gasteiger charge is 2.41. The van der Waals surface area contributed by atoms with Crippen LogP contribution in [0.3, 0.4) is 0 Å². The van der Waals surface area contributed by atoms with Gasteiger partial charge in [0.2, 0.25) is 0 Å². The Morgan fingerprint density at radius 3 is 2.52 bits per heavy atom. The molecule has 3 aliphatic heterocycles. The van der Waals surface area contributed by atoms with Crippen LogP contribution in [0.15, 0.2) is 11.6 Å². The Balaban J connectivity index is 1.28. The molecule has 0 saturated carbocycles. The van der Waals surface area contributed by atoms with E-state index in [1.165, 1.54) is 89.5 Å². The monoisotopic (exact) mass is 334 g/mol. The van der Waals surface area contributed by atoms with E-state index in [4.69, 9.17) is 0 Å². The van der Waals surface area contributed by atoms with Crippen LogP contribution in [0.2, 0.25) is 0 Å². The highest BCUT2D eigenvalue weighted by Crippen LogP contribution is 2.39. The summed E-state index contributed by atoms with van der Waals surface area (Å²) in [5.41, 5.74) is 0.570. The molecule has 5 heteroatoms. The van der Waals surface area contributed by atoms with Crippen LogP contribution < -0.4 is 0 Å². The summed E-state index contributed by atoms with van der Waals surface area (Å²) < 4.78 is 0. The van der Waals surface area contributed by atoms with Crippen LogP contribution in [0.1, 0.15) is 37.1 Å². The first-order valence-corrected chi connectivity index (χ1v) is 10.2. The van der Waals surface area contributed by atoms with Crippen molar-refractivity contribution >= 4 is 11.3 Å². The molecule has 0 unspecified atom stereocenters. The molecular formula is C18H30N4S. The van der Waals surface area contributed by atoms with Gasteiger partial charge in [-0.3, -0.25) is 4.90 Å². The number of aromatic nitrogens is 1. The second-order valence-corrected chi connectivity index (χ2v) is 8.79. The number of rotatable bonds is 5. The molecule has 0 N–H and O–H groups in total. The third-order valence-corrected chi connectivity index (χ3v) is 6.80. The lowest BCUT2D eigenvalue weighted by Gasteiger charge is -2.40. The Morgan fingerprint density at radius 2 is 1.70 bits per heavy atom. The van der Waals surface area contributed by atoms with Gasteiger partial charge in [-0.2, -0.15) is 0 Å². The van der Waals surface area contributed by atoms with Crippen LogP contribution in [0, 0.1) is 5.41 Å². The van der Waals surface area contributed by atoms with Gasteiger partial charge >= 0.3 is 0 Å². The predicted molar refractivity (Wildman–Crippen MR) is 95.8 cm³/mol. The van der Waals surface area contributed by atoms with Gasteiger partial charge in [-0.1, -0.05) is 0 Å². The number of hydrogen-bond acceptors (Lipinski definition) is 5. The van der Waals surface area contributed by atoms with Crippen LogP contribution >= 0.6 is 11.3 Å². The lowest BCUT2D eigenvalue weighted by atomic mass is 9.79. The molecule has 0 amide bonds. The number of hydrogen-bond donors (Lipinski definition) is 0. The molecule has 3 fully saturated rings. The maximum Gasteiger partial charge on any atom is 0.107 e. The highest BCUT2D eigenvalue weighted by molar-refractivity contribution is 7.09. The average Bonchev–Trinajstić information content (AvgIpc) is 3.28. The van der Waals surface area contributed by atoms with Crippen LogP contribution in [0.4, 0.5) is 0 Å². The molecule has 0 bridgehead atoms. The molecule has 0 aliphatic carbocycles. The van der Waals surface area contributed by atoms with Crippen molar-refractivity contribution in [2.75, 3.05) is 52.4 Å². The largest absolute Gasteiger partial charge is 0.302 e. The molecule has 1 spiro atoms. The van der Waals surface area contributed by atoms with E-state index < -0.39 is 0 Å². The van der Waals surface area contributed by atoms with E-state index >= 15 is 0 Å². The highest BCUT2D eigenvalue weighted by atomic mass is 32.1. The van der Waals surface area contributed by atoms with Crippen molar-refractivity contribution in [2.45, 2.75) is 38.6 Å². The van der Waals surface area contributed by atoms with Crippen LogP contribution in [0.5, 0.6) is 0 Å². The van der Waals surface area contributed by atoms with Crippen molar-refractivity contribution in [3.63, 3.8) is 0 Å². The fraction of sp³-hybridized carbons (Fsp3) is 0.833. The first-order valence-electron chi connectivity index (χ1n) is 9.37. The van der Waals surface area contributed by atoms with Crippen molar-refractivity contribution in [3.05, 3.63) is 16.6 Å². The van der Waals surface area contributed by atoms with Crippen LogP contribution in [-0.2, 0) is 6.54 Å². The first kappa shape index (κ1) is 16.0. The van der Waals surface area contributed by atoms with Gasteiger partial charge in [-0.15, -0.1) is 11.3 Å². The normalized spacial score (nSPS) is 30.6. The van der Waals surface area contributed by atoms with Crippen molar-refractivity contribution in [1.82, 2.24) is 19.7 Å². The van der Waals surface area contributed by atoms with Gasteiger partial charge < -0.3 is 9.80 Å². The molecule has 0 radical (unpaired) electrons. The van der Waals surface area contributed by atoms with Crippen molar-refractivity contribution in [1.29, 1.82) is 0 Å². The predicted octanol–water partition coefficient (Wildman–Crippen LogP) is 2.53. The Bertz CT molecular complexity index is 485. The summed E-state index contributed by atoms with van der Waals surface area (Å²) in [4.78, 5) is 12.5. The van der Waals surface area contributed by atoms with Crippen molar-refractivity contribution in [2.24, 2.45) is 5.41 Å². The van der Waals surface area contributed by atoms with Gasteiger partial charge in [0.15, 0.2) is 0 Å². The molecule has 128 valence electrons. The topological polar surface area (TPSA) is 22.6 Å². The summed E-state index contributed by atoms with van der Waals surface area (Å²) in [5, 5.41) is 3.39. The summed E-state index contributed by atoms with van der Waals surface area (Å²) in [5.74, 6) is 0. The zero-order valence-corrected chi connectivity index (χ0v) is 15.1. The van der Waals surface area contributed by atoms with E-state index in [0.29, 0.717) is 5.41 Å². The molecule has 3 saturated heterocycles. The Kier molecular flexibility index (Phi) is 4.99. The van der Waals surface area contributed by atoms with Gasteiger partial charge in [0.1, 0.15) is 5.01 Å². The van der Waals surface area contributed by atoms with E-state index in [-0.39, 0.29) is 0 Å². The summed E-state index contributed by atoms with van der Waals surface area (Å²) in [7, 11) is 0. The minimum absolute atomic E-state index is 0.570. The lowest BCUT2D eigenvalue weighted by molar-refractivity contribution is 0.0862. The van der Waals surface area contributed by atoms with E-state index in [1.54, 1.807) is 11.3 Å². The maximum atomic E-state index is 4.47. The van der Waals surface area contributed by atoms with E-state index in [1.807, 2.05) is 6.20 Å². The van der Waals surface area contributed by atoms with Crippen LogP contribution in [-0.4, -0.2) is 72.0 Å². The number of piperidine rings is 1. The minimum Gasteiger partial charge on any atom is -0.302 e. The molecule has 4 nitrogen and oxygen atoms in total. The summed E-state index contributed by atoms with van der Waals surface area (Å²) in [6.45, 7) is 11.5. The van der Waals surface area contributed by atoms with E-state index in [0.717, 1.165) is 6.54 Å². The summed E-state index contributed by atoms with van der Waals surface area (Å²) >= 11 is 1.80. The standard InChI is InChI=1S/C18H30N4S/c1-2-8-20(7-1)11-12-21-10-5-18(15-21)4-3-9-22(16-18)14-17-19-6-13-23-17/h6,13H,1-5,7-12,14-16H2/t18-/m0/s1. The van der Waals surface area contributed by atoms with Crippen LogP contribution in [0.25, 0.3) is 0 Å². The lowest BCUT2D eigenvalue weighted by Crippen LogP contribution is -2.44. The second kappa shape index (κ2) is 7.18. The molecule has 4 rings (SSSR count). The van der Waals surface area contributed by atoms with Gasteiger partial charge in [0, 0.05) is 37.8 Å². The molecular weight excluding hydrogens is 304 g/mol. The second-order valence-electron chi connectivity index (χ2n) is 7.81. The average molecular weight is 335 g/mol. The fourth-order valence-electron chi connectivity index (χ4n) is 4.81. The number of nitrogens with zero attached hydrogens (tertiary/aromatic N) is 4. The number of likely N-dealkylation sites (tertiary alicyclic amines) is 3. The number of thiazole rings is 1. The molecule has 1 aromatic heterocycles. The fourth-order valence-corrected chi connectivity index (χ4v) is 5.47. The van der Waals surface area contributed by atoms with Gasteiger partial charge in [0.25, 0.3) is 0 Å². The zero-order valence-electron chi connectivity index (χ0n) is 14.3. The van der Waals surface area contributed by atoms with Gasteiger partial charge in [0.05, 0.1) is 6.54 Å². The molecule has 0 aromatic carbocycles. The Hall–Kier alpha value is -0.490. The summed E-state index contributed by atoms with van der Waals surface area (Å²) in [6.07, 6.45) is 8.97. The SMILES string of the molecule is c1csc(CN2CCC[C@@]3(CCN(CCN4CCCC4)C3)C2)n1. The first-order chi connectivity index (χ1) is 11.3. The molecule has 1 aromatic rings. The Morgan fingerprint density at radius 1 is 0.913 bits per heavy atom. The molecule has 4 heterocycles.